The molecule has 3 nitrogen and oxygen atoms in total. The predicted octanol–water partition coefficient (Wildman–Crippen LogP) is 4.38. The van der Waals surface area contributed by atoms with Crippen LogP contribution in [0, 0.1) is 0 Å². The number of amides is 1. The van der Waals surface area contributed by atoms with Crippen LogP contribution in [0.2, 0.25) is 10.0 Å². The van der Waals surface area contributed by atoms with Crippen LogP contribution in [0.15, 0.2) is 42.5 Å². The standard InChI is InChI=1S/C18H18Cl2N2O/c19-15-6-3-7-16(20)18(15)21-10-8-17(23)22-11-9-13-4-1-2-5-14(13)12-22/h1-7,21H,8-12H2. The molecule has 1 aliphatic rings. The van der Waals surface area contributed by atoms with E-state index in [0.717, 1.165) is 13.0 Å². The van der Waals surface area contributed by atoms with Crippen LogP contribution in [-0.4, -0.2) is 23.9 Å². The quantitative estimate of drug-likeness (QED) is 0.888. The molecule has 2 aromatic carbocycles. The highest BCUT2D eigenvalue weighted by molar-refractivity contribution is 6.39. The fraction of sp³-hybridized carbons (Fsp3) is 0.278. The third kappa shape index (κ3) is 3.80. The zero-order valence-corrected chi connectivity index (χ0v) is 14.2. The zero-order chi connectivity index (χ0) is 16.2. The Morgan fingerprint density at radius 2 is 1.74 bits per heavy atom. The summed E-state index contributed by atoms with van der Waals surface area (Å²) in [5, 5.41) is 4.29. The van der Waals surface area contributed by atoms with Crippen molar-refractivity contribution in [2.24, 2.45) is 0 Å². The van der Waals surface area contributed by atoms with Crippen LogP contribution in [0.4, 0.5) is 5.69 Å². The second kappa shape index (κ2) is 7.24. The number of nitrogens with one attached hydrogen (secondary N) is 1. The lowest BCUT2D eigenvalue weighted by atomic mass is 10.00. The number of fused-ring (bicyclic) bond motifs is 1. The van der Waals surface area contributed by atoms with E-state index in [1.165, 1.54) is 11.1 Å². The first kappa shape index (κ1) is 16.2. The van der Waals surface area contributed by atoms with E-state index >= 15 is 0 Å². The van der Waals surface area contributed by atoms with Crippen LogP contribution in [0.1, 0.15) is 17.5 Å². The molecule has 23 heavy (non-hydrogen) atoms. The van der Waals surface area contributed by atoms with Crippen LogP contribution < -0.4 is 5.32 Å². The summed E-state index contributed by atoms with van der Waals surface area (Å²) in [5.41, 5.74) is 3.28. The largest absolute Gasteiger partial charge is 0.382 e. The molecule has 120 valence electrons. The van der Waals surface area contributed by atoms with Gasteiger partial charge in [-0.25, -0.2) is 0 Å². The van der Waals surface area contributed by atoms with Gasteiger partial charge in [0.2, 0.25) is 5.91 Å². The number of para-hydroxylation sites is 1. The van der Waals surface area contributed by atoms with Gasteiger partial charge in [-0.2, -0.15) is 0 Å². The van der Waals surface area contributed by atoms with Gasteiger partial charge in [0.25, 0.3) is 0 Å². The molecular weight excluding hydrogens is 331 g/mol. The number of carbonyl (C=O) groups is 1. The Labute approximate surface area is 146 Å². The minimum absolute atomic E-state index is 0.148. The third-order valence-electron chi connectivity index (χ3n) is 4.09. The van der Waals surface area contributed by atoms with E-state index in [1.54, 1.807) is 18.2 Å². The summed E-state index contributed by atoms with van der Waals surface area (Å²) in [4.78, 5) is 14.3. The van der Waals surface area contributed by atoms with Gasteiger partial charge in [0.05, 0.1) is 15.7 Å². The number of nitrogens with zero attached hydrogens (tertiary/aromatic N) is 1. The third-order valence-corrected chi connectivity index (χ3v) is 4.72. The van der Waals surface area contributed by atoms with Crippen molar-refractivity contribution in [3.63, 3.8) is 0 Å². The molecule has 1 N–H and O–H groups in total. The van der Waals surface area contributed by atoms with Crippen molar-refractivity contribution in [1.82, 2.24) is 4.90 Å². The summed E-state index contributed by atoms with van der Waals surface area (Å²) < 4.78 is 0. The zero-order valence-electron chi connectivity index (χ0n) is 12.7. The van der Waals surface area contributed by atoms with Crippen LogP contribution in [0.25, 0.3) is 0 Å². The summed E-state index contributed by atoms with van der Waals surface area (Å²) in [6.07, 6.45) is 1.34. The lowest BCUT2D eigenvalue weighted by molar-refractivity contribution is -0.131. The number of carbonyl (C=O) groups excluding carboxylic acids is 1. The maximum Gasteiger partial charge on any atom is 0.224 e. The van der Waals surface area contributed by atoms with Gasteiger partial charge in [0.15, 0.2) is 0 Å². The highest BCUT2D eigenvalue weighted by Gasteiger charge is 2.19. The van der Waals surface area contributed by atoms with E-state index in [1.807, 2.05) is 17.0 Å². The Kier molecular flexibility index (Phi) is 5.09. The van der Waals surface area contributed by atoms with E-state index in [2.05, 4.69) is 17.4 Å². The van der Waals surface area contributed by atoms with Crippen molar-refractivity contribution in [3.8, 4) is 0 Å². The lowest BCUT2D eigenvalue weighted by Crippen LogP contribution is -2.36. The van der Waals surface area contributed by atoms with E-state index < -0.39 is 0 Å². The lowest BCUT2D eigenvalue weighted by Gasteiger charge is -2.29. The van der Waals surface area contributed by atoms with Crippen LogP contribution in [-0.2, 0) is 17.8 Å². The molecule has 0 fully saturated rings. The number of benzene rings is 2. The highest BCUT2D eigenvalue weighted by Crippen LogP contribution is 2.29. The molecule has 0 aliphatic carbocycles. The van der Waals surface area contributed by atoms with E-state index in [4.69, 9.17) is 23.2 Å². The molecule has 0 spiro atoms. The number of halogens is 2. The maximum atomic E-state index is 12.4. The average molecular weight is 349 g/mol. The molecule has 3 rings (SSSR count). The summed E-state index contributed by atoms with van der Waals surface area (Å²) in [6.45, 7) is 1.99. The first-order valence-electron chi connectivity index (χ1n) is 7.67. The summed E-state index contributed by atoms with van der Waals surface area (Å²) in [7, 11) is 0. The molecule has 2 aromatic rings. The Balaban J connectivity index is 1.55. The van der Waals surface area contributed by atoms with Crippen molar-refractivity contribution in [3.05, 3.63) is 63.6 Å². The van der Waals surface area contributed by atoms with E-state index in [0.29, 0.717) is 35.2 Å². The van der Waals surface area contributed by atoms with Crippen LogP contribution in [0.3, 0.4) is 0 Å². The monoisotopic (exact) mass is 348 g/mol. The molecule has 0 bridgehead atoms. The Morgan fingerprint density at radius 3 is 2.48 bits per heavy atom. The van der Waals surface area contributed by atoms with Crippen molar-refractivity contribution in [2.45, 2.75) is 19.4 Å². The Hall–Kier alpha value is -1.71. The molecule has 1 amide bonds. The molecule has 1 aliphatic heterocycles. The van der Waals surface area contributed by atoms with Crippen molar-refractivity contribution in [1.29, 1.82) is 0 Å². The Bertz CT molecular complexity index is 698. The second-order valence-electron chi connectivity index (χ2n) is 5.61. The number of rotatable bonds is 4. The summed E-state index contributed by atoms with van der Waals surface area (Å²) in [6, 6.07) is 13.7. The smallest absolute Gasteiger partial charge is 0.224 e. The minimum atomic E-state index is 0.148. The number of hydrogen-bond acceptors (Lipinski definition) is 2. The average Bonchev–Trinajstić information content (AvgIpc) is 2.57. The first-order valence-corrected chi connectivity index (χ1v) is 8.43. The van der Waals surface area contributed by atoms with Gasteiger partial charge in [0, 0.05) is 26.1 Å². The summed E-state index contributed by atoms with van der Waals surface area (Å²) >= 11 is 12.2. The van der Waals surface area contributed by atoms with Crippen LogP contribution in [0.5, 0.6) is 0 Å². The minimum Gasteiger partial charge on any atom is -0.382 e. The second-order valence-corrected chi connectivity index (χ2v) is 6.42. The molecule has 0 saturated carbocycles. The highest BCUT2D eigenvalue weighted by atomic mass is 35.5. The van der Waals surface area contributed by atoms with Gasteiger partial charge in [0.1, 0.15) is 0 Å². The molecule has 0 aromatic heterocycles. The molecule has 0 unspecified atom stereocenters. The normalized spacial score (nSPS) is 13.6. The fourth-order valence-electron chi connectivity index (χ4n) is 2.83. The fourth-order valence-corrected chi connectivity index (χ4v) is 3.36. The topological polar surface area (TPSA) is 32.3 Å². The van der Waals surface area contributed by atoms with Crippen LogP contribution >= 0.6 is 23.2 Å². The molecule has 0 saturated heterocycles. The molecule has 1 heterocycles. The molecular formula is C18H18Cl2N2O. The van der Waals surface area contributed by atoms with Crippen molar-refractivity contribution in [2.75, 3.05) is 18.4 Å². The number of hydrogen-bond donors (Lipinski definition) is 1. The summed E-state index contributed by atoms with van der Waals surface area (Å²) in [5.74, 6) is 0.148. The van der Waals surface area contributed by atoms with Gasteiger partial charge < -0.3 is 10.2 Å². The van der Waals surface area contributed by atoms with E-state index in [9.17, 15) is 4.79 Å². The molecule has 0 radical (unpaired) electrons. The maximum absolute atomic E-state index is 12.4. The van der Waals surface area contributed by atoms with Gasteiger partial charge in [-0.05, 0) is 29.7 Å². The van der Waals surface area contributed by atoms with Gasteiger partial charge in [-0.1, -0.05) is 53.5 Å². The molecule has 0 atom stereocenters. The van der Waals surface area contributed by atoms with E-state index in [-0.39, 0.29) is 5.91 Å². The van der Waals surface area contributed by atoms with Crippen molar-refractivity contribution < 1.29 is 4.79 Å². The Morgan fingerprint density at radius 1 is 1.04 bits per heavy atom. The van der Waals surface area contributed by atoms with Gasteiger partial charge >= 0.3 is 0 Å². The predicted molar refractivity (Wildman–Crippen MR) is 95.1 cm³/mol. The molecule has 5 heteroatoms. The van der Waals surface area contributed by atoms with Crippen molar-refractivity contribution >= 4 is 34.8 Å². The van der Waals surface area contributed by atoms with Gasteiger partial charge in [-0.3, -0.25) is 4.79 Å². The SMILES string of the molecule is O=C(CCNc1c(Cl)cccc1Cl)N1CCc2ccccc2C1. The van der Waals surface area contributed by atoms with Gasteiger partial charge in [-0.15, -0.1) is 0 Å². The number of anilines is 1. The first-order chi connectivity index (χ1) is 11.1.